The standard InChI is InChI=1S/C13H19ClN2O3/c1-8(19-2)7-16-12(17)10(9-5-3-4-6-9)11(14)15-13(16)18/h8-9H,3-7H2,1-2H3,(H,15,18). The van der Waals surface area contributed by atoms with Crippen molar-refractivity contribution in [1.82, 2.24) is 9.55 Å². The minimum absolute atomic E-state index is 0.168. The first-order chi connectivity index (χ1) is 9.04. The first-order valence-corrected chi connectivity index (χ1v) is 6.97. The van der Waals surface area contributed by atoms with Crippen molar-refractivity contribution in [3.05, 3.63) is 31.6 Å². The van der Waals surface area contributed by atoms with Crippen molar-refractivity contribution in [3.8, 4) is 0 Å². The number of nitrogens with zero attached hydrogens (tertiary/aromatic N) is 1. The molecule has 1 aliphatic rings. The molecule has 0 aromatic carbocycles. The Balaban J connectivity index is 2.47. The van der Waals surface area contributed by atoms with Crippen LogP contribution in [0.15, 0.2) is 9.59 Å². The molecule has 0 saturated heterocycles. The van der Waals surface area contributed by atoms with E-state index < -0.39 is 5.69 Å². The van der Waals surface area contributed by atoms with Crippen LogP contribution in [0.2, 0.25) is 5.15 Å². The van der Waals surface area contributed by atoms with Crippen LogP contribution in [0.1, 0.15) is 44.1 Å². The van der Waals surface area contributed by atoms with Crippen molar-refractivity contribution in [3.63, 3.8) is 0 Å². The number of aromatic amines is 1. The number of halogens is 1. The first-order valence-electron chi connectivity index (χ1n) is 6.60. The Morgan fingerprint density at radius 2 is 2.05 bits per heavy atom. The molecule has 6 heteroatoms. The molecule has 1 aromatic rings. The predicted octanol–water partition coefficient (Wildman–Crippen LogP) is 1.88. The minimum atomic E-state index is -0.472. The Morgan fingerprint density at radius 3 is 2.63 bits per heavy atom. The molecule has 1 fully saturated rings. The number of aromatic nitrogens is 2. The van der Waals surface area contributed by atoms with Gasteiger partial charge in [0.25, 0.3) is 5.56 Å². The Labute approximate surface area is 116 Å². The van der Waals surface area contributed by atoms with Gasteiger partial charge in [-0.25, -0.2) is 4.79 Å². The Kier molecular flexibility index (Phi) is 4.47. The van der Waals surface area contributed by atoms with E-state index in [1.54, 1.807) is 7.11 Å². The molecule has 0 bridgehead atoms. The van der Waals surface area contributed by atoms with E-state index in [4.69, 9.17) is 16.3 Å². The van der Waals surface area contributed by atoms with Crippen LogP contribution in [0.3, 0.4) is 0 Å². The number of hydrogen-bond acceptors (Lipinski definition) is 3. The third kappa shape index (κ3) is 2.92. The van der Waals surface area contributed by atoms with Crippen molar-refractivity contribution in [2.45, 2.75) is 51.2 Å². The summed E-state index contributed by atoms with van der Waals surface area (Å²) in [5.74, 6) is 0.168. The average molecular weight is 287 g/mol. The number of methoxy groups -OCH3 is 1. The topological polar surface area (TPSA) is 64.1 Å². The molecule has 5 nitrogen and oxygen atoms in total. The van der Waals surface area contributed by atoms with Crippen molar-refractivity contribution >= 4 is 11.6 Å². The van der Waals surface area contributed by atoms with E-state index in [9.17, 15) is 9.59 Å². The summed E-state index contributed by atoms with van der Waals surface area (Å²) < 4.78 is 6.30. The third-order valence-electron chi connectivity index (χ3n) is 3.78. The molecule has 1 aromatic heterocycles. The van der Waals surface area contributed by atoms with Gasteiger partial charge >= 0.3 is 5.69 Å². The second-order valence-corrected chi connectivity index (χ2v) is 5.48. The van der Waals surface area contributed by atoms with Crippen LogP contribution in [0.5, 0.6) is 0 Å². The highest BCUT2D eigenvalue weighted by Gasteiger charge is 2.25. The highest BCUT2D eigenvalue weighted by atomic mass is 35.5. The fraction of sp³-hybridized carbons (Fsp3) is 0.692. The lowest BCUT2D eigenvalue weighted by Gasteiger charge is -2.15. The maximum absolute atomic E-state index is 12.5. The molecule has 0 amide bonds. The zero-order chi connectivity index (χ0) is 14.0. The van der Waals surface area contributed by atoms with E-state index in [2.05, 4.69) is 4.98 Å². The lowest BCUT2D eigenvalue weighted by molar-refractivity contribution is 0.101. The van der Waals surface area contributed by atoms with Gasteiger partial charge in [0.15, 0.2) is 0 Å². The summed E-state index contributed by atoms with van der Waals surface area (Å²) in [6.07, 6.45) is 3.93. The van der Waals surface area contributed by atoms with Crippen LogP contribution >= 0.6 is 11.6 Å². The van der Waals surface area contributed by atoms with Crippen LogP contribution < -0.4 is 11.2 Å². The third-order valence-corrected chi connectivity index (χ3v) is 4.08. The lowest BCUT2D eigenvalue weighted by atomic mass is 10.0. The molecular weight excluding hydrogens is 268 g/mol. The summed E-state index contributed by atoms with van der Waals surface area (Å²) in [7, 11) is 1.55. The molecule has 1 aliphatic carbocycles. The monoisotopic (exact) mass is 286 g/mol. The van der Waals surface area contributed by atoms with Crippen molar-refractivity contribution in [2.24, 2.45) is 0 Å². The van der Waals surface area contributed by atoms with Crippen molar-refractivity contribution in [2.75, 3.05) is 7.11 Å². The van der Waals surface area contributed by atoms with Crippen molar-refractivity contribution in [1.29, 1.82) is 0 Å². The van der Waals surface area contributed by atoms with Gasteiger partial charge in [0, 0.05) is 7.11 Å². The molecule has 0 spiro atoms. The van der Waals surface area contributed by atoms with Gasteiger partial charge in [-0.1, -0.05) is 24.4 Å². The van der Waals surface area contributed by atoms with Gasteiger partial charge in [-0.2, -0.15) is 0 Å². The molecule has 2 rings (SSSR count). The van der Waals surface area contributed by atoms with Gasteiger partial charge in [-0.05, 0) is 25.7 Å². The molecule has 1 atom stereocenters. The Morgan fingerprint density at radius 1 is 1.42 bits per heavy atom. The summed E-state index contributed by atoms with van der Waals surface area (Å²) >= 11 is 6.06. The predicted molar refractivity (Wildman–Crippen MR) is 74.0 cm³/mol. The van der Waals surface area contributed by atoms with Crippen LogP contribution in [-0.4, -0.2) is 22.8 Å². The molecule has 106 valence electrons. The van der Waals surface area contributed by atoms with Gasteiger partial charge in [-0.3, -0.25) is 14.3 Å². The highest BCUT2D eigenvalue weighted by Crippen LogP contribution is 2.34. The summed E-state index contributed by atoms with van der Waals surface area (Å²) in [6, 6.07) is 0. The number of rotatable bonds is 4. The second kappa shape index (κ2) is 5.92. The number of H-pyrrole nitrogens is 1. The SMILES string of the molecule is COC(C)Cn1c(=O)[nH]c(Cl)c(C2CCCC2)c1=O. The van der Waals surface area contributed by atoms with Crippen LogP contribution in [-0.2, 0) is 11.3 Å². The quantitative estimate of drug-likeness (QED) is 0.860. The van der Waals surface area contributed by atoms with E-state index in [0.29, 0.717) is 5.56 Å². The number of ether oxygens (including phenoxy) is 1. The minimum Gasteiger partial charge on any atom is -0.380 e. The van der Waals surface area contributed by atoms with Gasteiger partial charge in [-0.15, -0.1) is 0 Å². The van der Waals surface area contributed by atoms with Crippen LogP contribution in [0, 0.1) is 0 Å². The van der Waals surface area contributed by atoms with Gasteiger partial charge in [0.05, 0.1) is 18.2 Å². The molecule has 0 aliphatic heterocycles. The number of hydrogen-bond donors (Lipinski definition) is 1. The normalized spacial score (nSPS) is 17.8. The molecular formula is C13H19ClN2O3. The van der Waals surface area contributed by atoms with E-state index in [0.717, 1.165) is 25.7 Å². The summed E-state index contributed by atoms with van der Waals surface area (Å²) in [4.78, 5) is 26.9. The van der Waals surface area contributed by atoms with Gasteiger partial charge in [0.1, 0.15) is 5.15 Å². The Hall–Kier alpha value is -1.07. The van der Waals surface area contributed by atoms with Crippen LogP contribution in [0.4, 0.5) is 0 Å². The van der Waals surface area contributed by atoms with E-state index >= 15 is 0 Å². The molecule has 1 heterocycles. The average Bonchev–Trinajstić information content (AvgIpc) is 2.87. The fourth-order valence-corrected chi connectivity index (χ4v) is 2.94. The maximum atomic E-state index is 12.5. The van der Waals surface area contributed by atoms with Crippen LogP contribution in [0.25, 0.3) is 0 Å². The zero-order valence-corrected chi connectivity index (χ0v) is 12.0. The van der Waals surface area contributed by atoms with Gasteiger partial charge < -0.3 is 4.74 Å². The van der Waals surface area contributed by atoms with Gasteiger partial charge in [0.2, 0.25) is 0 Å². The van der Waals surface area contributed by atoms with E-state index in [1.165, 1.54) is 4.57 Å². The van der Waals surface area contributed by atoms with E-state index in [-0.39, 0.29) is 29.3 Å². The zero-order valence-electron chi connectivity index (χ0n) is 11.2. The molecule has 1 N–H and O–H groups in total. The second-order valence-electron chi connectivity index (χ2n) is 5.10. The molecule has 1 saturated carbocycles. The maximum Gasteiger partial charge on any atom is 0.329 e. The van der Waals surface area contributed by atoms with Crippen molar-refractivity contribution < 1.29 is 4.74 Å². The summed E-state index contributed by atoms with van der Waals surface area (Å²) in [5, 5.41) is 0.197. The number of nitrogens with one attached hydrogen (secondary N) is 1. The fourth-order valence-electron chi connectivity index (χ4n) is 2.63. The lowest BCUT2D eigenvalue weighted by Crippen LogP contribution is -2.40. The smallest absolute Gasteiger partial charge is 0.329 e. The highest BCUT2D eigenvalue weighted by molar-refractivity contribution is 6.30. The van der Waals surface area contributed by atoms with E-state index in [1.807, 2.05) is 6.92 Å². The summed E-state index contributed by atoms with van der Waals surface area (Å²) in [6.45, 7) is 2.05. The summed E-state index contributed by atoms with van der Waals surface area (Å²) in [5.41, 5.74) is -0.188. The Bertz CT molecular complexity index is 558. The first kappa shape index (κ1) is 14.3. The molecule has 1 unspecified atom stereocenters. The largest absolute Gasteiger partial charge is 0.380 e. The molecule has 19 heavy (non-hydrogen) atoms. The molecule has 0 radical (unpaired) electrons.